The first-order chi connectivity index (χ1) is 11.0. The first-order valence-electron chi connectivity index (χ1n) is 8.16. The number of hydrogen-bond acceptors (Lipinski definition) is 4. The number of nitrogens with one attached hydrogen (secondary N) is 2. The molecule has 0 aliphatic carbocycles. The molecule has 0 spiro atoms. The highest BCUT2D eigenvalue weighted by atomic mass is 32.1. The van der Waals surface area contributed by atoms with Gasteiger partial charge < -0.3 is 10.1 Å². The lowest BCUT2D eigenvalue weighted by Gasteiger charge is -2.04. The van der Waals surface area contributed by atoms with Gasteiger partial charge in [0.2, 0.25) is 0 Å². The number of carbonyl (C=O) groups excluding carboxylic acids is 2. The van der Waals surface area contributed by atoms with Crippen LogP contribution in [0.2, 0.25) is 0 Å². The fourth-order valence-corrected chi connectivity index (χ4v) is 2.39. The maximum Gasteiger partial charge on any atom is 0.333 e. The molecule has 0 radical (unpaired) electrons. The zero-order chi connectivity index (χ0) is 17.1. The maximum absolute atomic E-state index is 11.4. The van der Waals surface area contributed by atoms with Gasteiger partial charge in [-0.25, -0.2) is 4.79 Å². The zero-order valence-electron chi connectivity index (χ0n) is 13.8. The molecule has 0 aromatic heterocycles. The molecule has 128 valence electrons. The van der Waals surface area contributed by atoms with E-state index in [1.807, 2.05) is 6.08 Å². The normalized spacial score (nSPS) is 15.4. The van der Waals surface area contributed by atoms with E-state index in [1.165, 1.54) is 12.8 Å². The van der Waals surface area contributed by atoms with Crippen LogP contribution in [0.4, 0.5) is 0 Å². The van der Waals surface area contributed by atoms with E-state index in [1.54, 1.807) is 6.92 Å². The van der Waals surface area contributed by atoms with Crippen LogP contribution in [0.5, 0.6) is 0 Å². The van der Waals surface area contributed by atoms with E-state index in [4.69, 9.17) is 17.0 Å². The Kier molecular flexibility index (Phi) is 9.21. The number of unbranched alkanes of at least 4 members (excludes halogenated alkanes) is 7. The van der Waals surface area contributed by atoms with Crippen molar-refractivity contribution in [1.29, 1.82) is 0 Å². The van der Waals surface area contributed by atoms with Gasteiger partial charge in [-0.05, 0) is 38.4 Å². The van der Waals surface area contributed by atoms with Crippen LogP contribution in [0.15, 0.2) is 23.9 Å². The highest BCUT2D eigenvalue weighted by Gasteiger charge is 2.18. The van der Waals surface area contributed by atoms with Crippen molar-refractivity contribution in [2.45, 2.75) is 58.3 Å². The minimum absolute atomic E-state index is 0.137. The van der Waals surface area contributed by atoms with Gasteiger partial charge in [0.1, 0.15) is 5.70 Å². The largest absolute Gasteiger partial charge is 0.462 e. The van der Waals surface area contributed by atoms with Crippen LogP contribution in [-0.2, 0) is 14.3 Å². The predicted octanol–water partition coefficient (Wildman–Crippen LogP) is 3.11. The van der Waals surface area contributed by atoms with Crippen LogP contribution < -0.4 is 10.6 Å². The summed E-state index contributed by atoms with van der Waals surface area (Å²) in [5.41, 5.74) is 1.02. The van der Waals surface area contributed by atoms with Crippen LogP contribution in [0, 0.1) is 0 Å². The summed E-state index contributed by atoms with van der Waals surface area (Å²) in [5, 5.41) is 5.77. The van der Waals surface area contributed by atoms with Crippen LogP contribution in [0.25, 0.3) is 0 Å². The van der Waals surface area contributed by atoms with Gasteiger partial charge in [-0.3, -0.25) is 10.1 Å². The second-order valence-corrected chi connectivity index (χ2v) is 6.11. The van der Waals surface area contributed by atoms with Gasteiger partial charge in [0.15, 0.2) is 5.11 Å². The van der Waals surface area contributed by atoms with Crippen LogP contribution >= 0.6 is 12.2 Å². The number of thiocarbonyl (C=S) groups is 1. The lowest BCUT2D eigenvalue weighted by molar-refractivity contribution is -0.139. The first-order valence-corrected chi connectivity index (χ1v) is 8.56. The van der Waals surface area contributed by atoms with Gasteiger partial charge >= 0.3 is 5.97 Å². The molecule has 0 saturated carbocycles. The van der Waals surface area contributed by atoms with Crippen molar-refractivity contribution in [2.24, 2.45) is 0 Å². The molecule has 1 rings (SSSR count). The van der Waals surface area contributed by atoms with Gasteiger partial charge in [-0.15, -0.1) is 0 Å². The van der Waals surface area contributed by atoms with E-state index < -0.39 is 0 Å². The summed E-state index contributed by atoms with van der Waals surface area (Å²) in [6.45, 7) is 5.68. The van der Waals surface area contributed by atoms with Crippen molar-refractivity contribution >= 4 is 29.2 Å². The molecule has 0 aromatic carbocycles. The average molecular weight is 338 g/mol. The molecule has 0 aromatic rings. The van der Waals surface area contributed by atoms with Gasteiger partial charge in [0.25, 0.3) is 5.91 Å². The summed E-state index contributed by atoms with van der Waals surface area (Å²) in [6, 6.07) is 0. The number of amides is 1. The standard InChI is InChI=1S/C17H26N2O3S/c1-13(2)16(21)22-12-10-8-6-4-3-5-7-9-11-14-15(20)19-17(23)18-14/h11H,1,3-10,12H2,2H3,(H2,18,19,20,23)/b14-11-. The van der Waals surface area contributed by atoms with Crippen LogP contribution in [0.1, 0.15) is 58.3 Å². The maximum atomic E-state index is 11.4. The van der Waals surface area contributed by atoms with Crippen molar-refractivity contribution in [3.8, 4) is 0 Å². The molecule has 1 fully saturated rings. The fourth-order valence-electron chi connectivity index (χ4n) is 2.19. The molecule has 1 saturated heterocycles. The van der Waals surface area contributed by atoms with E-state index in [2.05, 4.69) is 17.2 Å². The summed E-state index contributed by atoms with van der Waals surface area (Å²) in [4.78, 5) is 22.5. The zero-order valence-corrected chi connectivity index (χ0v) is 14.6. The minimum Gasteiger partial charge on any atom is -0.462 e. The molecule has 6 heteroatoms. The number of ether oxygens (including phenoxy) is 1. The summed E-state index contributed by atoms with van der Waals surface area (Å²) < 4.78 is 5.04. The Bertz CT molecular complexity index is 486. The van der Waals surface area contributed by atoms with Crippen molar-refractivity contribution in [3.63, 3.8) is 0 Å². The number of carbonyl (C=O) groups is 2. The molecule has 1 aliphatic rings. The molecule has 5 nitrogen and oxygen atoms in total. The van der Waals surface area contributed by atoms with Gasteiger partial charge in [0, 0.05) is 5.57 Å². The SMILES string of the molecule is C=C(C)C(=O)OCCCCCCCCC/C=C1\NC(=S)NC1=O. The van der Waals surface area contributed by atoms with E-state index >= 15 is 0 Å². The number of esters is 1. The molecular formula is C17H26N2O3S. The molecule has 2 N–H and O–H groups in total. The molecular weight excluding hydrogens is 312 g/mol. The molecule has 1 amide bonds. The Balaban J connectivity index is 1.89. The Morgan fingerprint density at radius 1 is 1.13 bits per heavy atom. The summed E-state index contributed by atoms with van der Waals surface area (Å²) in [6.07, 6.45) is 10.5. The monoisotopic (exact) mass is 338 g/mol. The second kappa shape index (κ2) is 10.9. The second-order valence-electron chi connectivity index (χ2n) is 5.71. The van der Waals surface area contributed by atoms with Crippen molar-refractivity contribution < 1.29 is 14.3 Å². The van der Waals surface area contributed by atoms with Gasteiger partial charge in [0.05, 0.1) is 6.61 Å². The Hall–Kier alpha value is -1.69. The van der Waals surface area contributed by atoms with Crippen LogP contribution in [-0.4, -0.2) is 23.6 Å². The Morgan fingerprint density at radius 2 is 1.74 bits per heavy atom. The molecule has 23 heavy (non-hydrogen) atoms. The third-order valence-electron chi connectivity index (χ3n) is 3.50. The Labute approximate surface area is 143 Å². The predicted molar refractivity (Wildman–Crippen MR) is 94.7 cm³/mol. The third kappa shape index (κ3) is 8.50. The highest BCUT2D eigenvalue weighted by molar-refractivity contribution is 7.80. The number of hydrogen-bond donors (Lipinski definition) is 2. The van der Waals surface area contributed by atoms with E-state index in [9.17, 15) is 9.59 Å². The van der Waals surface area contributed by atoms with Gasteiger partial charge in [-0.2, -0.15) is 0 Å². The first kappa shape index (κ1) is 19.4. The highest BCUT2D eigenvalue weighted by Crippen LogP contribution is 2.10. The number of rotatable bonds is 11. The summed E-state index contributed by atoms with van der Waals surface area (Å²) >= 11 is 4.86. The van der Waals surface area contributed by atoms with Crippen LogP contribution in [0.3, 0.4) is 0 Å². The lowest BCUT2D eigenvalue weighted by atomic mass is 10.1. The molecule has 1 aliphatic heterocycles. The quantitative estimate of drug-likeness (QED) is 0.262. The average Bonchev–Trinajstić information content (AvgIpc) is 2.82. The molecule has 0 bridgehead atoms. The van der Waals surface area contributed by atoms with Crippen molar-refractivity contribution in [3.05, 3.63) is 23.9 Å². The molecule has 0 atom stereocenters. The molecule has 0 unspecified atom stereocenters. The topological polar surface area (TPSA) is 67.4 Å². The lowest BCUT2D eigenvalue weighted by Crippen LogP contribution is -2.21. The third-order valence-corrected chi connectivity index (χ3v) is 3.70. The van der Waals surface area contributed by atoms with E-state index in [0.717, 1.165) is 38.5 Å². The van der Waals surface area contributed by atoms with E-state index in [-0.39, 0.29) is 11.9 Å². The van der Waals surface area contributed by atoms with E-state index in [0.29, 0.717) is 23.0 Å². The van der Waals surface area contributed by atoms with Gasteiger partial charge in [-0.1, -0.05) is 44.8 Å². The smallest absolute Gasteiger partial charge is 0.333 e. The summed E-state index contributed by atoms with van der Waals surface area (Å²) in [7, 11) is 0. The number of allylic oxidation sites excluding steroid dienone is 1. The summed E-state index contributed by atoms with van der Waals surface area (Å²) in [5.74, 6) is -0.437. The van der Waals surface area contributed by atoms with Crippen molar-refractivity contribution in [1.82, 2.24) is 10.6 Å². The Morgan fingerprint density at radius 3 is 2.30 bits per heavy atom. The fraction of sp³-hybridized carbons (Fsp3) is 0.588. The molecule has 1 heterocycles. The minimum atomic E-state index is -0.301. The van der Waals surface area contributed by atoms with Crippen molar-refractivity contribution in [2.75, 3.05) is 6.61 Å².